The van der Waals surface area contributed by atoms with Crippen molar-refractivity contribution in [3.63, 3.8) is 0 Å². The Balaban J connectivity index is 1.35. The normalized spacial score (nSPS) is 16.1. The number of nitrogens with zero attached hydrogens (tertiary/aromatic N) is 2. The average molecular weight is 429 g/mol. The van der Waals surface area contributed by atoms with Crippen LogP contribution in [0, 0.1) is 0 Å². The first-order chi connectivity index (χ1) is 14.0. The van der Waals surface area contributed by atoms with Crippen molar-refractivity contribution in [2.24, 2.45) is 4.99 Å². The summed E-state index contributed by atoms with van der Waals surface area (Å²) in [6.07, 6.45) is 0.456. The van der Waals surface area contributed by atoms with E-state index in [1.807, 2.05) is 24.3 Å². The highest BCUT2D eigenvalue weighted by molar-refractivity contribution is 8.15. The van der Waals surface area contributed by atoms with Crippen molar-refractivity contribution in [2.75, 3.05) is 12.4 Å². The number of H-pyrrole nitrogens is 1. The van der Waals surface area contributed by atoms with Gasteiger partial charge in [-0.25, -0.2) is 9.98 Å². The van der Waals surface area contributed by atoms with E-state index in [0.29, 0.717) is 27.9 Å². The van der Waals surface area contributed by atoms with Gasteiger partial charge < -0.3 is 15.0 Å². The van der Waals surface area contributed by atoms with Crippen molar-refractivity contribution in [1.29, 1.82) is 0 Å². The lowest BCUT2D eigenvalue weighted by molar-refractivity contribution is -0.121. The second-order valence-corrected chi connectivity index (χ2v) is 8.11. The van der Waals surface area contributed by atoms with E-state index in [1.54, 1.807) is 18.2 Å². The number of anilines is 1. The summed E-state index contributed by atoms with van der Waals surface area (Å²) >= 11 is 7.38. The van der Waals surface area contributed by atoms with Crippen LogP contribution in [0.5, 0.6) is 5.75 Å². The quantitative estimate of drug-likeness (QED) is 0.621. The highest BCUT2D eigenvalue weighted by Crippen LogP contribution is 2.29. The van der Waals surface area contributed by atoms with E-state index in [2.05, 4.69) is 20.3 Å². The Morgan fingerprint density at radius 3 is 2.90 bits per heavy atom. The number of aromatic nitrogens is 2. The number of benzene rings is 2. The number of hydrogen-bond donors (Lipinski definition) is 2. The van der Waals surface area contributed by atoms with Crippen molar-refractivity contribution in [1.82, 2.24) is 9.97 Å². The van der Waals surface area contributed by atoms with Crippen LogP contribution >= 0.6 is 23.4 Å². The summed E-state index contributed by atoms with van der Waals surface area (Å²) < 4.78 is 5.09. The van der Waals surface area contributed by atoms with E-state index < -0.39 is 5.25 Å². The number of imidazole rings is 1. The van der Waals surface area contributed by atoms with Crippen LogP contribution in [0.3, 0.4) is 0 Å². The topological polar surface area (TPSA) is 96.4 Å². The van der Waals surface area contributed by atoms with Crippen molar-refractivity contribution < 1.29 is 14.3 Å². The third-order valence-corrected chi connectivity index (χ3v) is 5.81. The molecular formula is C20H17ClN4O3S. The minimum absolute atomic E-state index is 0.0281. The number of fused-ring (bicyclic) bond motifs is 1. The standard InChI is InChI=1S/C20H17ClN4O3S/c1-28-15-7-6-11(8-12(15)21)22-18(26)9-16-20(27)25-19(29-16)10-17-23-13-4-2-3-5-14(13)24-17/h2-8,16H,9-10H2,1H3,(H,22,26)(H,23,24). The molecule has 1 aliphatic rings. The molecule has 0 saturated carbocycles. The molecule has 2 amide bonds. The molecule has 1 aromatic heterocycles. The summed E-state index contributed by atoms with van der Waals surface area (Å²) in [4.78, 5) is 36.4. The van der Waals surface area contributed by atoms with Crippen molar-refractivity contribution >= 4 is 56.9 Å². The van der Waals surface area contributed by atoms with E-state index in [4.69, 9.17) is 16.3 Å². The Morgan fingerprint density at radius 2 is 2.14 bits per heavy atom. The monoisotopic (exact) mass is 428 g/mol. The number of amides is 2. The zero-order chi connectivity index (χ0) is 20.4. The number of carbonyl (C=O) groups is 2. The SMILES string of the molecule is COc1ccc(NC(=O)CC2SC(Cc3nc4ccccc4[nH]3)=NC2=O)cc1Cl. The maximum atomic E-state index is 12.3. The first-order valence-electron chi connectivity index (χ1n) is 8.87. The molecule has 3 aromatic rings. The van der Waals surface area contributed by atoms with Gasteiger partial charge in [-0.05, 0) is 30.3 Å². The number of halogens is 1. The number of para-hydroxylation sites is 2. The summed E-state index contributed by atoms with van der Waals surface area (Å²) in [5.41, 5.74) is 2.35. The van der Waals surface area contributed by atoms with E-state index >= 15 is 0 Å². The molecular weight excluding hydrogens is 412 g/mol. The number of carbonyl (C=O) groups excluding carboxylic acids is 2. The number of hydrogen-bond acceptors (Lipinski definition) is 5. The fourth-order valence-electron chi connectivity index (χ4n) is 3.00. The number of nitrogens with one attached hydrogen (secondary N) is 2. The van der Waals surface area contributed by atoms with Gasteiger partial charge in [0.15, 0.2) is 0 Å². The fourth-order valence-corrected chi connectivity index (χ4v) is 4.34. The van der Waals surface area contributed by atoms with Crippen LogP contribution in [-0.4, -0.2) is 39.2 Å². The molecule has 148 valence electrons. The first-order valence-corrected chi connectivity index (χ1v) is 10.1. The van der Waals surface area contributed by atoms with Gasteiger partial charge in [-0.1, -0.05) is 35.5 Å². The predicted molar refractivity (Wildman–Crippen MR) is 115 cm³/mol. The van der Waals surface area contributed by atoms with Gasteiger partial charge >= 0.3 is 0 Å². The van der Waals surface area contributed by atoms with Gasteiger partial charge in [-0.3, -0.25) is 9.59 Å². The summed E-state index contributed by atoms with van der Waals surface area (Å²) in [6.45, 7) is 0. The molecule has 0 radical (unpaired) electrons. The van der Waals surface area contributed by atoms with E-state index in [1.165, 1.54) is 18.9 Å². The van der Waals surface area contributed by atoms with Crippen LogP contribution in [0.2, 0.25) is 5.02 Å². The van der Waals surface area contributed by atoms with Crippen LogP contribution in [-0.2, 0) is 16.0 Å². The molecule has 1 unspecified atom stereocenters. The minimum atomic E-state index is -0.539. The van der Waals surface area contributed by atoms with Gasteiger partial charge in [0, 0.05) is 12.1 Å². The number of ether oxygens (including phenoxy) is 1. The van der Waals surface area contributed by atoms with Gasteiger partial charge in [0.2, 0.25) is 5.91 Å². The molecule has 0 bridgehead atoms. The maximum absolute atomic E-state index is 12.3. The highest BCUT2D eigenvalue weighted by Gasteiger charge is 2.30. The largest absolute Gasteiger partial charge is 0.495 e. The lowest BCUT2D eigenvalue weighted by Crippen LogP contribution is -2.21. The van der Waals surface area contributed by atoms with Crippen LogP contribution in [0.1, 0.15) is 12.2 Å². The molecule has 29 heavy (non-hydrogen) atoms. The van der Waals surface area contributed by atoms with Gasteiger partial charge in [0.05, 0.1) is 34.6 Å². The van der Waals surface area contributed by atoms with E-state index in [9.17, 15) is 9.59 Å². The average Bonchev–Trinajstić information content (AvgIpc) is 3.24. The molecule has 1 atom stereocenters. The fraction of sp³-hybridized carbons (Fsp3) is 0.200. The molecule has 7 nitrogen and oxygen atoms in total. The number of aromatic amines is 1. The molecule has 0 saturated heterocycles. The van der Waals surface area contributed by atoms with Gasteiger partial charge in [0.1, 0.15) is 16.8 Å². The third-order valence-electron chi connectivity index (χ3n) is 4.35. The van der Waals surface area contributed by atoms with Crippen molar-refractivity contribution in [3.8, 4) is 5.75 Å². The van der Waals surface area contributed by atoms with E-state index in [0.717, 1.165) is 16.9 Å². The Kier molecular flexibility index (Phi) is 5.55. The second-order valence-electron chi connectivity index (χ2n) is 6.43. The Morgan fingerprint density at radius 1 is 1.31 bits per heavy atom. The highest BCUT2D eigenvalue weighted by atomic mass is 35.5. The Labute approximate surface area is 175 Å². The maximum Gasteiger partial charge on any atom is 0.260 e. The molecule has 0 spiro atoms. The van der Waals surface area contributed by atoms with Crippen molar-refractivity contribution in [2.45, 2.75) is 18.1 Å². The summed E-state index contributed by atoms with van der Waals surface area (Å²) in [6, 6.07) is 12.7. The molecule has 2 N–H and O–H groups in total. The summed E-state index contributed by atoms with van der Waals surface area (Å²) in [7, 11) is 1.52. The van der Waals surface area contributed by atoms with Crippen LogP contribution in [0.4, 0.5) is 5.69 Å². The molecule has 9 heteroatoms. The lowest BCUT2D eigenvalue weighted by Gasteiger charge is -2.10. The zero-order valence-electron chi connectivity index (χ0n) is 15.4. The Bertz CT molecular complexity index is 1090. The van der Waals surface area contributed by atoms with Gasteiger partial charge in [-0.15, -0.1) is 0 Å². The zero-order valence-corrected chi connectivity index (χ0v) is 17.0. The number of rotatable bonds is 6. The molecule has 2 aromatic carbocycles. The third kappa shape index (κ3) is 4.44. The van der Waals surface area contributed by atoms with Gasteiger partial charge in [-0.2, -0.15) is 0 Å². The van der Waals surface area contributed by atoms with Crippen LogP contribution in [0.15, 0.2) is 47.5 Å². The number of aliphatic imine (C=N–C) groups is 1. The van der Waals surface area contributed by atoms with E-state index in [-0.39, 0.29) is 18.2 Å². The van der Waals surface area contributed by atoms with Crippen molar-refractivity contribution in [3.05, 3.63) is 53.3 Å². The smallest absolute Gasteiger partial charge is 0.260 e. The number of thioether (sulfide) groups is 1. The first kappa shape index (κ1) is 19.5. The lowest BCUT2D eigenvalue weighted by atomic mass is 10.2. The molecule has 0 fully saturated rings. The summed E-state index contributed by atoms with van der Waals surface area (Å²) in [5.74, 6) is 0.680. The minimum Gasteiger partial charge on any atom is -0.495 e. The predicted octanol–water partition coefficient (Wildman–Crippen LogP) is 3.84. The molecule has 2 heterocycles. The molecule has 1 aliphatic heterocycles. The second kappa shape index (κ2) is 8.26. The van der Waals surface area contributed by atoms with Gasteiger partial charge in [0.25, 0.3) is 5.91 Å². The van der Waals surface area contributed by atoms with Crippen LogP contribution < -0.4 is 10.1 Å². The molecule has 4 rings (SSSR count). The summed E-state index contributed by atoms with van der Waals surface area (Å²) in [5, 5.41) is 3.26. The Hall–Kier alpha value is -2.84. The number of methoxy groups -OCH3 is 1. The van der Waals surface area contributed by atoms with Crippen LogP contribution in [0.25, 0.3) is 11.0 Å². The molecule has 0 aliphatic carbocycles.